The van der Waals surface area contributed by atoms with Crippen molar-refractivity contribution in [1.29, 1.82) is 0 Å². The van der Waals surface area contributed by atoms with Gasteiger partial charge in [-0.1, -0.05) is 24.1 Å². The highest BCUT2D eigenvalue weighted by Crippen LogP contribution is 2.30. The number of nitrogens with zero attached hydrogens (tertiary/aromatic N) is 3. The summed E-state index contributed by atoms with van der Waals surface area (Å²) in [6.45, 7) is 0.672. The maximum Gasteiger partial charge on any atom is 0.338 e. The molecule has 11 heteroatoms. The number of methoxy groups -OCH3 is 1. The van der Waals surface area contributed by atoms with Crippen LogP contribution in [0.5, 0.6) is 5.75 Å². The quantitative estimate of drug-likeness (QED) is 0.473. The second kappa shape index (κ2) is 9.80. The number of rotatable bonds is 7. The molecule has 2 aromatic heterocycles. The monoisotopic (exact) mass is 477 g/mol. The predicted molar refractivity (Wildman–Crippen MR) is 117 cm³/mol. The maximum atomic E-state index is 13.3. The Bertz CT molecular complexity index is 1170. The largest absolute Gasteiger partial charge is 0.495 e. The van der Waals surface area contributed by atoms with Crippen LogP contribution in [0, 0.1) is 0 Å². The molecule has 170 valence electrons. The summed E-state index contributed by atoms with van der Waals surface area (Å²) in [5.41, 5.74) is 0.0946. The first-order chi connectivity index (χ1) is 15.5. The van der Waals surface area contributed by atoms with Gasteiger partial charge in [0, 0.05) is 13.1 Å². The number of ether oxygens (including phenoxy) is 2. The highest BCUT2D eigenvalue weighted by molar-refractivity contribution is 7.89. The van der Waals surface area contributed by atoms with E-state index < -0.39 is 16.0 Å². The molecule has 0 spiro atoms. The van der Waals surface area contributed by atoms with Crippen molar-refractivity contribution in [3.05, 3.63) is 47.2 Å². The molecule has 0 atom stereocenters. The van der Waals surface area contributed by atoms with E-state index in [4.69, 9.17) is 14.0 Å². The molecule has 1 saturated heterocycles. The standard InChI is InChI=1S/C21H23N3O6S2/c1-28-16-9-8-15(13-18(16)32(26,27)24-10-4-2-3-5-11-24)21(25)29-14-19-22-20(23-30-19)17-7-6-12-31-17/h6-9,12-13H,2-5,10-11,14H2,1H3. The van der Waals surface area contributed by atoms with Gasteiger partial charge in [0.2, 0.25) is 15.8 Å². The number of aromatic nitrogens is 2. The minimum absolute atomic E-state index is 0.0471. The molecule has 1 aliphatic heterocycles. The summed E-state index contributed by atoms with van der Waals surface area (Å²) in [7, 11) is -2.41. The van der Waals surface area contributed by atoms with E-state index in [1.54, 1.807) is 0 Å². The molecular formula is C21H23N3O6S2. The number of carbonyl (C=O) groups excluding carboxylic acids is 1. The molecule has 0 radical (unpaired) electrons. The van der Waals surface area contributed by atoms with Gasteiger partial charge in [0.05, 0.1) is 17.6 Å². The third kappa shape index (κ3) is 4.84. The third-order valence-corrected chi connectivity index (χ3v) is 7.90. The lowest BCUT2D eigenvalue weighted by Gasteiger charge is -2.21. The fourth-order valence-electron chi connectivity index (χ4n) is 3.46. The molecule has 0 saturated carbocycles. The maximum absolute atomic E-state index is 13.3. The first-order valence-corrected chi connectivity index (χ1v) is 12.5. The van der Waals surface area contributed by atoms with E-state index in [2.05, 4.69) is 10.1 Å². The first-order valence-electron chi connectivity index (χ1n) is 10.2. The van der Waals surface area contributed by atoms with Crippen LogP contribution in [-0.2, 0) is 21.4 Å². The smallest absolute Gasteiger partial charge is 0.338 e. The van der Waals surface area contributed by atoms with E-state index in [1.807, 2.05) is 17.5 Å². The second-order valence-corrected chi connectivity index (χ2v) is 10.1. The molecule has 0 aliphatic carbocycles. The summed E-state index contributed by atoms with van der Waals surface area (Å²) in [6.07, 6.45) is 3.61. The topological polar surface area (TPSA) is 112 Å². The number of thiophene rings is 1. The van der Waals surface area contributed by atoms with Crippen molar-refractivity contribution < 1.29 is 27.2 Å². The fraction of sp³-hybridized carbons (Fsp3) is 0.381. The number of carbonyl (C=O) groups is 1. The van der Waals surface area contributed by atoms with Gasteiger partial charge < -0.3 is 14.0 Å². The van der Waals surface area contributed by atoms with E-state index in [0.29, 0.717) is 18.9 Å². The molecule has 0 bridgehead atoms. The van der Waals surface area contributed by atoms with Crippen LogP contribution in [0.3, 0.4) is 0 Å². The van der Waals surface area contributed by atoms with Crippen molar-refractivity contribution >= 4 is 27.3 Å². The van der Waals surface area contributed by atoms with Crippen LogP contribution < -0.4 is 4.74 Å². The number of esters is 1. The Morgan fingerprint density at radius 3 is 2.66 bits per heavy atom. The minimum atomic E-state index is -3.81. The zero-order valence-corrected chi connectivity index (χ0v) is 19.2. The predicted octanol–water partition coefficient (Wildman–Crippen LogP) is 3.73. The Morgan fingerprint density at radius 2 is 1.97 bits per heavy atom. The summed E-state index contributed by atoms with van der Waals surface area (Å²) in [5.74, 6) is 0.0492. The molecule has 0 amide bonds. The van der Waals surface area contributed by atoms with Gasteiger partial charge in [-0.15, -0.1) is 11.3 Å². The second-order valence-electron chi connectivity index (χ2n) is 7.25. The van der Waals surface area contributed by atoms with Crippen molar-refractivity contribution in [2.24, 2.45) is 0 Å². The molecule has 1 aromatic carbocycles. The Kier molecular flexibility index (Phi) is 6.87. The summed E-state index contributed by atoms with van der Waals surface area (Å²) in [5, 5.41) is 5.76. The molecule has 0 unspecified atom stereocenters. The Labute approximate surface area is 190 Å². The lowest BCUT2D eigenvalue weighted by molar-refractivity contribution is 0.0429. The van der Waals surface area contributed by atoms with Gasteiger partial charge in [0.15, 0.2) is 6.61 Å². The lowest BCUT2D eigenvalue weighted by Crippen LogP contribution is -2.32. The first kappa shape index (κ1) is 22.4. The molecule has 1 fully saturated rings. The van der Waals surface area contributed by atoms with Crippen molar-refractivity contribution in [1.82, 2.24) is 14.4 Å². The lowest BCUT2D eigenvalue weighted by atomic mass is 10.2. The number of hydrogen-bond donors (Lipinski definition) is 0. The van der Waals surface area contributed by atoms with E-state index >= 15 is 0 Å². The fourth-order valence-corrected chi connectivity index (χ4v) is 5.80. The van der Waals surface area contributed by atoms with Crippen LogP contribution in [0.4, 0.5) is 0 Å². The Hall–Kier alpha value is -2.76. The van der Waals surface area contributed by atoms with Crippen molar-refractivity contribution in [2.75, 3.05) is 20.2 Å². The average molecular weight is 478 g/mol. The third-order valence-electron chi connectivity index (χ3n) is 5.12. The molecule has 32 heavy (non-hydrogen) atoms. The van der Waals surface area contributed by atoms with Crippen molar-refractivity contribution in [3.8, 4) is 16.5 Å². The molecule has 3 aromatic rings. The van der Waals surface area contributed by atoms with Gasteiger partial charge in [0.1, 0.15) is 10.6 Å². The molecule has 0 N–H and O–H groups in total. The summed E-state index contributed by atoms with van der Waals surface area (Å²) in [4.78, 5) is 17.6. The van der Waals surface area contributed by atoms with E-state index in [0.717, 1.165) is 30.6 Å². The van der Waals surface area contributed by atoms with Crippen LogP contribution in [0.25, 0.3) is 10.7 Å². The highest BCUT2D eigenvalue weighted by Gasteiger charge is 2.29. The number of benzene rings is 1. The highest BCUT2D eigenvalue weighted by atomic mass is 32.2. The normalized spacial score (nSPS) is 15.3. The SMILES string of the molecule is COc1ccc(C(=O)OCc2nc(-c3cccs3)no2)cc1S(=O)(=O)N1CCCCCC1. The Morgan fingerprint density at radius 1 is 1.19 bits per heavy atom. The molecule has 4 rings (SSSR count). The minimum Gasteiger partial charge on any atom is -0.495 e. The Balaban J connectivity index is 1.50. The van der Waals surface area contributed by atoms with Crippen LogP contribution in [-0.4, -0.2) is 49.0 Å². The van der Waals surface area contributed by atoms with E-state index in [1.165, 1.54) is 41.0 Å². The van der Waals surface area contributed by atoms with Gasteiger partial charge in [-0.05, 0) is 42.5 Å². The van der Waals surface area contributed by atoms with E-state index in [-0.39, 0.29) is 28.7 Å². The van der Waals surface area contributed by atoms with Crippen LogP contribution in [0.2, 0.25) is 0 Å². The summed E-state index contributed by atoms with van der Waals surface area (Å²) < 4.78 is 43.6. The molecule has 3 heterocycles. The van der Waals surface area contributed by atoms with Gasteiger partial charge in [0.25, 0.3) is 5.89 Å². The zero-order valence-electron chi connectivity index (χ0n) is 17.5. The van der Waals surface area contributed by atoms with Gasteiger partial charge in [-0.3, -0.25) is 0 Å². The summed E-state index contributed by atoms with van der Waals surface area (Å²) >= 11 is 1.47. The summed E-state index contributed by atoms with van der Waals surface area (Å²) in [6, 6.07) is 7.95. The number of sulfonamides is 1. The van der Waals surface area contributed by atoms with Crippen molar-refractivity contribution in [3.63, 3.8) is 0 Å². The average Bonchev–Trinajstić information content (AvgIpc) is 3.43. The van der Waals surface area contributed by atoms with Gasteiger partial charge in [-0.2, -0.15) is 9.29 Å². The molecule has 1 aliphatic rings. The zero-order chi connectivity index (χ0) is 22.6. The van der Waals surface area contributed by atoms with E-state index in [9.17, 15) is 13.2 Å². The van der Waals surface area contributed by atoms with Crippen LogP contribution >= 0.6 is 11.3 Å². The van der Waals surface area contributed by atoms with Gasteiger partial charge >= 0.3 is 5.97 Å². The molecular weight excluding hydrogens is 454 g/mol. The van der Waals surface area contributed by atoms with Crippen LogP contribution in [0.15, 0.2) is 45.1 Å². The molecule has 9 nitrogen and oxygen atoms in total. The van der Waals surface area contributed by atoms with Crippen LogP contribution in [0.1, 0.15) is 41.9 Å². The van der Waals surface area contributed by atoms with Gasteiger partial charge in [-0.25, -0.2) is 13.2 Å². The van der Waals surface area contributed by atoms with Crippen molar-refractivity contribution in [2.45, 2.75) is 37.2 Å². The number of hydrogen-bond acceptors (Lipinski definition) is 9.